The quantitative estimate of drug-likeness (QED) is 0.665. The van der Waals surface area contributed by atoms with Crippen LogP contribution in [-0.4, -0.2) is 29.5 Å². The molecule has 0 bridgehead atoms. The molecule has 2 amide bonds. The smallest absolute Gasteiger partial charge is 0.246 e. The molecule has 6 heteroatoms. The van der Waals surface area contributed by atoms with Gasteiger partial charge in [0.2, 0.25) is 11.8 Å². The number of hydrogen-bond donors (Lipinski definition) is 4. The zero-order valence-corrected chi connectivity index (χ0v) is 14.8. The Balaban J connectivity index is 0. The number of anilines is 1. The van der Waals surface area contributed by atoms with Gasteiger partial charge in [-0.1, -0.05) is 46.2 Å². The van der Waals surface area contributed by atoms with Crippen molar-refractivity contribution in [3.8, 4) is 0 Å². The fourth-order valence-corrected chi connectivity index (χ4v) is 1.31. The van der Waals surface area contributed by atoms with E-state index in [4.69, 9.17) is 10.8 Å². The normalized spacial score (nSPS) is 10.2. The van der Waals surface area contributed by atoms with Gasteiger partial charge in [-0.2, -0.15) is 0 Å². The van der Waals surface area contributed by atoms with Gasteiger partial charge in [0.05, 0.1) is 13.2 Å². The summed E-state index contributed by atoms with van der Waals surface area (Å²) in [5.74, 6) is -0.707. The standard InChI is InChI=1S/C12H17N3O3.C3H8.C2H6/c1-8(14-11(17)6-13)12(18)15-10-4-2-9(7-16)3-5-10;1-3-2;1-2/h2-5,8,16H,6-7,13H2,1H3,(H,14,17)(H,15,18);3H2,1-2H3;1-2H3. The number of nitrogens with two attached hydrogens (primary N) is 1. The third-order valence-electron chi connectivity index (χ3n) is 2.36. The SMILES string of the molecule is CC.CC(NC(=O)CN)C(=O)Nc1ccc(CO)cc1.CCC. The van der Waals surface area contributed by atoms with Crippen LogP contribution in [0.2, 0.25) is 0 Å². The van der Waals surface area contributed by atoms with Gasteiger partial charge in [0, 0.05) is 5.69 Å². The van der Waals surface area contributed by atoms with E-state index in [-0.39, 0.29) is 25.0 Å². The lowest BCUT2D eigenvalue weighted by atomic mass is 10.2. The van der Waals surface area contributed by atoms with E-state index in [1.807, 2.05) is 13.8 Å². The van der Waals surface area contributed by atoms with Gasteiger partial charge in [0.15, 0.2) is 0 Å². The van der Waals surface area contributed by atoms with E-state index in [9.17, 15) is 9.59 Å². The molecule has 1 unspecified atom stereocenters. The number of hydrogen-bond acceptors (Lipinski definition) is 4. The van der Waals surface area contributed by atoms with Gasteiger partial charge in [0.25, 0.3) is 0 Å². The van der Waals surface area contributed by atoms with Crippen LogP contribution in [0.15, 0.2) is 24.3 Å². The molecule has 1 aromatic carbocycles. The Morgan fingerprint density at radius 3 is 2.04 bits per heavy atom. The molecule has 6 nitrogen and oxygen atoms in total. The van der Waals surface area contributed by atoms with Crippen LogP contribution in [-0.2, 0) is 16.2 Å². The second-order valence-electron chi connectivity index (χ2n) is 4.54. The van der Waals surface area contributed by atoms with Crippen molar-refractivity contribution in [1.82, 2.24) is 5.32 Å². The summed E-state index contributed by atoms with van der Waals surface area (Å²) in [7, 11) is 0. The highest BCUT2D eigenvalue weighted by atomic mass is 16.3. The predicted molar refractivity (Wildman–Crippen MR) is 95.0 cm³/mol. The summed E-state index contributed by atoms with van der Waals surface area (Å²) in [6.45, 7) is 9.63. The second kappa shape index (κ2) is 15.0. The number of carbonyl (C=O) groups is 2. The van der Waals surface area contributed by atoms with Gasteiger partial charge < -0.3 is 21.5 Å². The number of aliphatic hydroxyl groups is 1. The summed E-state index contributed by atoms with van der Waals surface area (Å²) in [6.07, 6.45) is 1.25. The minimum atomic E-state index is -0.654. The molecule has 23 heavy (non-hydrogen) atoms. The van der Waals surface area contributed by atoms with Gasteiger partial charge in [-0.05, 0) is 24.6 Å². The summed E-state index contributed by atoms with van der Waals surface area (Å²) >= 11 is 0. The Morgan fingerprint density at radius 1 is 1.17 bits per heavy atom. The van der Waals surface area contributed by atoms with Crippen molar-refractivity contribution in [2.24, 2.45) is 5.73 Å². The monoisotopic (exact) mass is 325 g/mol. The van der Waals surface area contributed by atoms with Crippen molar-refractivity contribution < 1.29 is 14.7 Å². The number of amides is 2. The van der Waals surface area contributed by atoms with E-state index >= 15 is 0 Å². The Labute approximate surface area is 139 Å². The van der Waals surface area contributed by atoms with Crippen LogP contribution in [0.1, 0.15) is 46.6 Å². The van der Waals surface area contributed by atoms with Crippen LogP contribution in [0, 0.1) is 0 Å². The van der Waals surface area contributed by atoms with Crippen LogP contribution in [0.5, 0.6) is 0 Å². The molecule has 1 atom stereocenters. The van der Waals surface area contributed by atoms with Gasteiger partial charge >= 0.3 is 0 Å². The Morgan fingerprint density at radius 2 is 1.65 bits per heavy atom. The third kappa shape index (κ3) is 11.3. The lowest BCUT2D eigenvalue weighted by molar-refractivity contribution is -0.125. The van der Waals surface area contributed by atoms with Crippen molar-refractivity contribution in [2.45, 2.75) is 53.7 Å². The first kappa shape index (κ1) is 23.3. The van der Waals surface area contributed by atoms with Crippen molar-refractivity contribution >= 4 is 17.5 Å². The Hall–Kier alpha value is -1.92. The molecule has 0 radical (unpaired) electrons. The van der Waals surface area contributed by atoms with Crippen LogP contribution >= 0.6 is 0 Å². The lowest BCUT2D eigenvalue weighted by Crippen LogP contribution is -2.44. The molecule has 1 aromatic rings. The average molecular weight is 325 g/mol. The highest BCUT2D eigenvalue weighted by Crippen LogP contribution is 2.09. The molecule has 1 rings (SSSR count). The molecule has 0 saturated carbocycles. The van der Waals surface area contributed by atoms with Gasteiger partial charge in [-0.15, -0.1) is 0 Å². The summed E-state index contributed by atoms with van der Waals surface area (Å²) in [6, 6.07) is 6.12. The van der Waals surface area contributed by atoms with Crippen molar-refractivity contribution in [1.29, 1.82) is 0 Å². The van der Waals surface area contributed by atoms with E-state index in [0.29, 0.717) is 5.69 Å². The first-order valence-electron chi connectivity index (χ1n) is 7.98. The maximum Gasteiger partial charge on any atom is 0.246 e. The van der Waals surface area contributed by atoms with Gasteiger partial charge in [-0.3, -0.25) is 9.59 Å². The van der Waals surface area contributed by atoms with Crippen molar-refractivity contribution in [3.05, 3.63) is 29.8 Å². The molecular weight excluding hydrogens is 294 g/mol. The molecule has 0 fully saturated rings. The minimum absolute atomic E-state index is 0.0445. The summed E-state index contributed by atoms with van der Waals surface area (Å²) in [5.41, 5.74) is 6.50. The predicted octanol–water partition coefficient (Wildman–Crippen LogP) is 2.02. The molecule has 0 aromatic heterocycles. The Kier molecular flexibility index (Phi) is 15.2. The number of aliphatic hydroxyl groups excluding tert-OH is 1. The number of benzene rings is 1. The molecule has 0 aliphatic rings. The zero-order valence-electron chi connectivity index (χ0n) is 14.8. The summed E-state index contributed by atoms with van der Waals surface area (Å²) < 4.78 is 0. The molecule has 0 saturated heterocycles. The number of carbonyl (C=O) groups excluding carboxylic acids is 2. The third-order valence-corrected chi connectivity index (χ3v) is 2.36. The lowest BCUT2D eigenvalue weighted by Gasteiger charge is -2.13. The number of rotatable bonds is 5. The Bertz CT molecular complexity index is 433. The molecular formula is C17H31N3O3. The first-order chi connectivity index (χ1) is 11.0. The molecule has 0 aliphatic carbocycles. The van der Waals surface area contributed by atoms with Crippen molar-refractivity contribution in [3.63, 3.8) is 0 Å². The van der Waals surface area contributed by atoms with Crippen LogP contribution in [0.3, 0.4) is 0 Å². The fourth-order valence-electron chi connectivity index (χ4n) is 1.31. The van der Waals surface area contributed by atoms with E-state index in [1.54, 1.807) is 31.2 Å². The highest BCUT2D eigenvalue weighted by Gasteiger charge is 2.14. The van der Waals surface area contributed by atoms with Crippen LogP contribution < -0.4 is 16.4 Å². The highest BCUT2D eigenvalue weighted by molar-refractivity contribution is 5.97. The molecule has 132 valence electrons. The molecule has 5 N–H and O–H groups in total. The fraction of sp³-hybridized carbons (Fsp3) is 0.529. The van der Waals surface area contributed by atoms with Crippen LogP contribution in [0.25, 0.3) is 0 Å². The van der Waals surface area contributed by atoms with E-state index in [0.717, 1.165) is 5.56 Å². The first-order valence-corrected chi connectivity index (χ1v) is 7.98. The maximum absolute atomic E-state index is 11.7. The minimum Gasteiger partial charge on any atom is -0.392 e. The average Bonchev–Trinajstić information content (AvgIpc) is 2.57. The van der Waals surface area contributed by atoms with Gasteiger partial charge in [0.1, 0.15) is 6.04 Å². The second-order valence-corrected chi connectivity index (χ2v) is 4.54. The topological polar surface area (TPSA) is 104 Å². The zero-order chi connectivity index (χ0) is 18.3. The van der Waals surface area contributed by atoms with Crippen molar-refractivity contribution in [2.75, 3.05) is 11.9 Å². The largest absolute Gasteiger partial charge is 0.392 e. The van der Waals surface area contributed by atoms with Crippen LogP contribution in [0.4, 0.5) is 5.69 Å². The maximum atomic E-state index is 11.7. The molecule has 0 heterocycles. The van der Waals surface area contributed by atoms with E-state index in [1.165, 1.54) is 6.42 Å². The summed E-state index contributed by atoms with van der Waals surface area (Å²) in [4.78, 5) is 22.7. The van der Waals surface area contributed by atoms with E-state index < -0.39 is 6.04 Å². The number of nitrogens with one attached hydrogen (secondary N) is 2. The molecule has 0 spiro atoms. The summed E-state index contributed by atoms with van der Waals surface area (Å²) in [5, 5.41) is 14.0. The van der Waals surface area contributed by atoms with Gasteiger partial charge in [-0.25, -0.2) is 0 Å². The molecule has 0 aliphatic heterocycles. The van der Waals surface area contributed by atoms with E-state index in [2.05, 4.69) is 24.5 Å².